The first kappa shape index (κ1) is 15.3. The van der Waals surface area contributed by atoms with Gasteiger partial charge < -0.3 is 19.1 Å². The van der Waals surface area contributed by atoms with E-state index in [4.69, 9.17) is 14.2 Å². The lowest BCUT2D eigenvalue weighted by atomic mass is 10.2. The molecule has 114 valence electrons. The van der Waals surface area contributed by atoms with E-state index in [1.807, 2.05) is 30.3 Å². The van der Waals surface area contributed by atoms with Crippen molar-refractivity contribution in [3.8, 4) is 0 Å². The van der Waals surface area contributed by atoms with E-state index in [0.29, 0.717) is 13.2 Å². The van der Waals surface area contributed by atoms with E-state index < -0.39 is 18.2 Å². The highest BCUT2D eigenvalue weighted by atomic mass is 16.6. The zero-order chi connectivity index (χ0) is 15.1. The van der Waals surface area contributed by atoms with Crippen molar-refractivity contribution in [1.29, 1.82) is 0 Å². The molecule has 1 saturated heterocycles. The van der Waals surface area contributed by atoms with Crippen LogP contribution < -0.4 is 0 Å². The molecular weight excluding hydrogens is 274 g/mol. The molecule has 1 aromatic carbocycles. The number of hydrogen-bond acceptors (Lipinski definition) is 5. The lowest BCUT2D eigenvalue weighted by Gasteiger charge is -2.30. The van der Waals surface area contributed by atoms with E-state index in [2.05, 4.69) is 0 Å². The van der Waals surface area contributed by atoms with Crippen molar-refractivity contribution >= 4 is 12.1 Å². The Labute approximate surface area is 123 Å². The van der Waals surface area contributed by atoms with Gasteiger partial charge in [-0.15, -0.1) is 0 Å². The highest BCUT2D eigenvalue weighted by Gasteiger charge is 2.30. The van der Waals surface area contributed by atoms with E-state index in [0.717, 1.165) is 5.56 Å². The van der Waals surface area contributed by atoms with E-state index in [1.54, 1.807) is 6.92 Å². The Morgan fingerprint density at radius 1 is 1.29 bits per heavy atom. The van der Waals surface area contributed by atoms with Crippen LogP contribution in [0.25, 0.3) is 0 Å². The summed E-state index contributed by atoms with van der Waals surface area (Å²) in [4.78, 5) is 25.1. The zero-order valence-electron chi connectivity index (χ0n) is 12.0. The fourth-order valence-corrected chi connectivity index (χ4v) is 2.00. The molecule has 1 aliphatic rings. The molecule has 0 saturated carbocycles. The summed E-state index contributed by atoms with van der Waals surface area (Å²) in [6.07, 6.45) is -1.18. The quantitative estimate of drug-likeness (QED) is 0.789. The van der Waals surface area contributed by atoms with Crippen LogP contribution in [-0.4, -0.2) is 49.4 Å². The summed E-state index contributed by atoms with van der Waals surface area (Å²) in [6.45, 7) is 3.09. The summed E-state index contributed by atoms with van der Waals surface area (Å²) >= 11 is 0. The zero-order valence-corrected chi connectivity index (χ0v) is 12.0. The van der Waals surface area contributed by atoms with Crippen molar-refractivity contribution in [2.75, 3.05) is 26.3 Å². The highest BCUT2D eigenvalue weighted by molar-refractivity contribution is 5.76. The fraction of sp³-hybridized carbons (Fsp3) is 0.467. The number of amides is 1. The van der Waals surface area contributed by atoms with Crippen LogP contribution in [0.1, 0.15) is 12.5 Å². The summed E-state index contributed by atoms with van der Waals surface area (Å²) in [5, 5.41) is 0. The number of rotatable bonds is 4. The smallest absolute Gasteiger partial charge is 0.410 e. The van der Waals surface area contributed by atoms with Gasteiger partial charge in [-0.1, -0.05) is 30.3 Å². The first-order chi connectivity index (χ1) is 10.2. The summed E-state index contributed by atoms with van der Waals surface area (Å²) < 4.78 is 15.4. The van der Waals surface area contributed by atoms with E-state index in [9.17, 15) is 9.59 Å². The molecule has 2 rings (SSSR count). The Balaban J connectivity index is 1.83. The molecule has 0 aliphatic carbocycles. The molecular formula is C15H19NO5. The van der Waals surface area contributed by atoms with Gasteiger partial charge in [0.2, 0.25) is 0 Å². The number of ether oxygens (including phenoxy) is 3. The molecule has 1 aromatic rings. The van der Waals surface area contributed by atoms with E-state index in [1.165, 1.54) is 4.90 Å². The average Bonchev–Trinajstić information content (AvgIpc) is 2.54. The standard InChI is InChI=1S/C15H19NO5/c1-2-19-14(17)13-10-16(8-9-20-13)15(18)21-11-12-6-4-3-5-7-12/h3-7,13H,2,8-11H2,1H3/t13-/m1/s1. The van der Waals surface area contributed by atoms with Crippen LogP contribution in [0, 0.1) is 0 Å². The van der Waals surface area contributed by atoms with Gasteiger partial charge in [0.15, 0.2) is 6.10 Å². The van der Waals surface area contributed by atoms with Crippen molar-refractivity contribution < 1.29 is 23.8 Å². The van der Waals surface area contributed by atoms with Crippen molar-refractivity contribution in [2.24, 2.45) is 0 Å². The van der Waals surface area contributed by atoms with Crippen molar-refractivity contribution in [3.63, 3.8) is 0 Å². The van der Waals surface area contributed by atoms with Crippen LogP contribution >= 0.6 is 0 Å². The number of hydrogen-bond donors (Lipinski definition) is 0. The van der Waals surface area contributed by atoms with Crippen LogP contribution in [0.3, 0.4) is 0 Å². The van der Waals surface area contributed by atoms with Gasteiger partial charge in [0.05, 0.1) is 19.8 Å². The molecule has 0 aromatic heterocycles. The van der Waals surface area contributed by atoms with Crippen LogP contribution in [0.2, 0.25) is 0 Å². The molecule has 0 spiro atoms. The highest BCUT2D eigenvalue weighted by Crippen LogP contribution is 2.10. The minimum Gasteiger partial charge on any atom is -0.464 e. The van der Waals surface area contributed by atoms with Gasteiger partial charge in [-0.25, -0.2) is 9.59 Å². The average molecular weight is 293 g/mol. The molecule has 0 bridgehead atoms. The Kier molecular flexibility index (Phi) is 5.57. The van der Waals surface area contributed by atoms with Crippen LogP contribution in [0.5, 0.6) is 0 Å². The maximum absolute atomic E-state index is 12.0. The first-order valence-electron chi connectivity index (χ1n) is 6.94. The molecule has 6 heteroatoms. The number of morpholine rings is 1. The second-order valence-corrected chi connectivity index (χ2v) is 4.60. The van der Waals surface area contributed by atoms with Crippen LogP contribution in [0.4, 0.5) is 4.79 Å². The number of benzene rings is 1. The number of nitrogens with zero attached hydrogens (tertiary/aromatic N) is 1. The van der Waals surface area contributed by atoms with Gasteiger partial charge >= 0.3 is 12.1 Å². The Morgan fingerprint density at radius 2 is 2.05 bits per heavy atom. The van der Waals surface area contributed by atoms with E-state index in [-0.39, 0.29) is 19.8 Å². The van der Waals surface area contributed by atoms with Gasteiger partial charge in [0, 0.05) is 6.54 Å². The molecule has 1 atom stereocenters. The first-order valence-corrected chi connectivity index (χ1v) is 6.94. The second kappa shape index (κ2) is 7.64. The van der Waals surface area contributed by atoms with Gasteiger partial charge in [-0.2, -0.15) is 0 Å². The second-order valence-electron chi connectivity index (χ2n) is 4.60. The fourth-order valence-electron chi connectivity index (χ4n) is 2.00. The van der Waals surface area contributed by atoms with Gasteiger partial charge in [-0.05, 0) is 12.5 Å². The predicted octanol–water partition coefficient (Wildman–Crippen LogP) is 1.59. The molecule has 1 amide bonds. The molecule has 1 aliphatic heterocycles. The monoisotopic (exact) mass is 293 g/mol. The van der Waals surface area contributed by atoms with Gasteiger partial charge in [-0.3, -0.25) is 0 Å². The van der Waals surface area contributed by atoms with Gasteiger partial charge in [0.25, 0.3) is 0 Å². The third kappa shape index (κ3) is 4.46. The Hall–Kier alpha value is -2.08. The number of carbonyl (C=O) groups excluding carboxylic acids is 2. The molecule has 6 nitrogen and oxygen atoms in total. The molecule has 21 heavy (non-hydrogen) atoms. The minimum absolute atomic E-state index is 0.159. The number of esters is 1. The normalized spacial score (nSPS) is 18.1. The third-order valence-electron chi connectivity index (χ3n) is 3.08. The summed E-state index contributed by atoms with van der Waals surface area (Å²) in [5.41, 5.74) is 0.918. The summed E-state index contributed by atoms with van der Waals surface area (Å²) in [7, 11) is 0. The molecule has 0 radical (unpaired) electrons. The maximum Gasteiger partial charge on any atom is 0.410 e. The maximum atomic E-state index is 12.0. The lowest BCUT2D eigenvalue weighted by Crippen LogP contribution is -2.49. The number of carbonyl (C=O) groups is 2. The summed E-state index contributed by atoms with van der Waals surface area (Å²) in [6, 6.07) is 9.43. The summed E-state index contributed by atoms with van der Waals surface area (Å²) in [5.74, 6) is -0.446. The largest absolute Gasteiger partial charge is 0.464 e. The van der Waals surface area contributed by atoms with Crippen molar-refractivity contribution in [3.05, 3.63) is 35.9 Å². The van der Waals surface area contributed by atoms with E-state index >= 15 is 0 Å². The lowest BCUT2D eigenvalue weighted by molar-refractivity contribution is -0.161. The molecule has 0 unspecified atom stereocenters. The Morgan fingerprint density at radius 3 is 2.76 bits per heavy atom. The van der Waals surface area contributed by atoms with Crippen molar-refractivity contribution in [2.45, 2.75) is 19.6 Å². The predicted molar refractivity (Wildman–Crippen MR) is 74.6 cm³/mol. The minimum atomic E-state index is -0.733. The third-order valence-corrected chi connectivity index (χ3v) is 3.08. The van der Waals surface area contributed by atoms with Crippen molar-refractivity contribution in [1.82, 2.24) is 4.90 Å². The van der Waals surface area contributed by atoms with Crippen LogP contribution in [-0.2, 0) is 25.6 Å². The topological polar surface area (TPSA) is 65.1 Å². The van der Waals surface area contributed by atoms with Crippen LogP contribution in [0.15, 0.2) is 30.3 Å². The molecule has 1 fully saturated rings. The SMILES string of the molecule is CCOC(=O)[C@H]1CN(C(=O)OCc2ccccc2)CCO1. The Bertz CT molecular complexity index is 476. The van der Waals surface area contributed by atoms with Gasteiger partial charge in [0.1, 0.15) is 6.61 Å². The molecule has 0 N–H and O–H groups in total. The molecule has 1 heterocycles.